The number of hydrogen-bond acceptors (Lipinski definition) is 7. The molecule has 0 saturated heterocycles. The SMILES string of the molecule is COC(=O)C1=C(C)N=c2sc(=Cc3ccc(OC)c(OC)c3)c(=O)n2C1c1cccc(Br)c1. The fraction of sp³-hybridized carbons (Fsp3) is 0.208. The fourth-order valence-corrected chi connectivity index (χ4v) is 5.24. The second-order valence-electron chi connectivity index (χ2n) is 7.24. The highest BCUT2D eigenvalue weighted by molar-refractivity contribution is 9.10. The molecule has 0 saturated carbocycles. The highest BCUT2D eigenvalue weighted by atomic mass is 79.9. The Balaban J connectivity index is 1.95. The Morgan fingerprint density at radius 1 is 1.12 bits per heavy atom. The Kier molecular flexibility index (Phi) is 6.53. The molecule has 4 rings (SSSR count). The number of methoxy groups -OCH3 is 3. The van der Waals surface area contributed by atoms with Crippen LogP contribution in [0.3, 0.4) is 0 Å². The maximum Gasteiger partial charge on any atom is 0.338 e. The lowest BCUT2D eigenvalue weighted by molar-refractivity contribution is -0.136. The van der Waals surface area contributed by atoms with Gasteiger partial charge in [0.25, 0.3) is 5.56 Å². The van der Waals surface area contributed by atoms with Gasteiger partial charge in [0.1, 0.15) is 0 Å². The first-order valence-electron chi connectivity index (χ1n) is 9.96. The summed E-state index contributed by atoms with van der Waals surface area (Å²) in [6, 6.07) is 12.3. The molecule has 0 aliphatic carbocycles. The van der Waals surface area contributed by atoms with Gasteiger partial charge in [-0.25, -0.2) is 9.79 Å². The highest BCUT2D eigenvalue weighted by Gasteiger charge is 2.33. The van der Waals surface area contributed by atoms with Crippen molar-refractivity contribution in [1.82, 2.24) is 4.57 Å². The minimum atomic E-state index is -0.654. The number of ether oxygens (including phenoxy) is 3. The smallest absolute Gasteiger partial charge is 0.338 e. The third kappa shape index (κ3) is 4.26. The molecule has 1 aliphatic rings. The Morgan fingerprint density at radius 2 is 1.88 bits per heavy atom. The van der Waals surface area contributed by atoms with Crippen LogP contribution in [-0.2, 0) is 9.53 Å². The number of aromatic nitrogens is 1. The molecule has 0 radical (unpaired) electrons. The van der Waals surface area contributed by atoms with Crippen LogP contribution >= 0.6 is 27.3 Å². The summed E-state index contributed by atoms with van der Waals surface area (Å²) in [5.41, 5.74) is 2.16. The predicted molar refractivity (Wildman–Crippen MR) is 129 cm³/mol. The van der Waals surface area contributed by atoms with Gasteiger partial charge in [0.15, 0.2) is 16.3 Å². The topological polar surface area (TPSA) is 79.1 Å². The van der Waals surface area contributed by atoms with Crippen molar-refractivity contribution in [3.8, 4) is 11.5 Å². The van der Waals surface area contributed by atoms with E-state index in [-0.39, 0.29) is 5.56 Å². The standard InChI is InChI=1S/C24H21BrN2O5S/c1-13-20(23(29)32-4)21(15-6-5-7-16(25)12-15)27-22(28)19(33-24(27)26-13)11-14-8-9-17(30-2)18(10-14)31-3/h5-12,21H,1-4H3. The average Bonchev–Trinajstić information content (AvgIpc) is 3.11. The Bertz CT molecular complexity index is 1450. The van der Waals surface area contributed by atoms with E-state index in [1.807, 2.05) is 30.3 Å². The van der Waals surface area contributed by atoms with Gasteiger partial charge in [-0.15, -0.1) is 0 Å². The van der Waals surface area contributed by atoms with Gasteiger partial charge in [0.2, 0.25) is 0 Å². The van der Waals surface area contributed by atoms with Crippen LogP contribution < -0.4 is 24.4 Å². The molecule has 170 valence electrons. The Morgan fingerprint density at radius 3 is 2.55 bits per heavy atom. The van der Waals surface area contributed by atoms with Crippen molar-refractivity contribution in [2.45, 2.75) is 13.0 Å². The first-order chi connectivity index (χ1) is 15.9. The molecule has 2 heterocycles. The van der Waals surface area contributed by atoms with Crippen LogP contribution in [0, 0.1) is 0 Å². The van der Waals surface area contributed by atoms with Crippen LogP contribution in [0.2, 0.25) is 0 Å². The van der Waals surface area contributed by atoms with E-state index in [1.54, 1.807) is 43.9 Å². The van der Waals surface area contributed by atoms with Gasteiger partial charge in [0.05, 0.1) is 43.2 Å². The van der Waals surface area contributed by atoms with Crippen LogP contribution in [0.1, 0.15) is 24.1 Å². The number of fused-ring (bicyclic) bond motifs is 1. The number of thiazole rings is 1. The number of carbonyl (C=O) groups excluding carboxylic acids is 1. The van der Waals surface area contributed by atoms with Crippen molar-refractivity contribution < 1.29 is 19.0 Å². The molecule has 0 spiro atoms. The summed E-state index contributed by atoms with van der Waals surface area (Å²) in [7, 11) is 4.45. The minimum Gasteiger partial charge on any atom is -0.493 e. The van der Waals surface area contributed by atoms with Crippen LogP contribution in [0.25, 0.3) is 6.08 Å². The second-order valence-corrected chi connectivity index (χ2v) is 9.17. The maximum atomic E-state index is 13.6. The van der Waals surface area contributed by atoms with E-state index in [4.69, 9.17) is 14.2 Å². The van der Waals surface area contributed by atoms with E-state index in [0.29, 0.717) is 32.1 Å². The van der Waals surface area contributed by atoms with Crippen molar-refractivity contribution in [3.63, 3.8) is 0 Å². The zero-order valence-corrected chi connectivity index (χ0v) is 20.8. The zero-order chi connectivity index (χ0) is 23.7. The molecule has 0 fully saturated rings. The molecule has 1 aromatic heterocycles. The van der Waals surface area contributed by atoms with E-state index in [1.165, 1.54) is 18.4 Å². The normalized spacial score (nSPS) is 15.7. The first kappa shape index (κ1) is 23.0. The number of esters is 1. The summed E-state index contributed by atoms with van der Waals surface area (Å²) in [6.07, 6.45) is 1.78. The summed E-state index contributed by atoms with van der Waals surface area (Å²) in [5, 5.41) is 0. The molecule has 0 N–H and O–H groups in total. The number of allylic oxidation sites excluding steroid dienone is 1. The third-order valence-electron chi connectivity index (χ3n) is 5.30. The van der Waals surface area contributed by atoms with E-state index < -0.39 is 12.0 Å². The lowest BCUT2D eigenvalue weighted by atomic mass is 9.96. The van der Waals surface area contributed by atoms with E-state index >= 15 is 0 Å². The molecule has 33 heavy (non-hydrogen) atoms. The van der Waals surface area contributed by atoms with E-state index in [2.05, 4.69) is 20.9 Å². The van der Waals surface area contributed by atoms with Crippen molar-refractivity contribution in [3.05, 3.63) is 89.0 Å². The van der Waals surface area contributed by atoms with Crippen molar-refractivity contribution in [1.29, 1.82) is 0 Å². The molecule has 3 aromatic rings. The van der Waals surface area contributed by atoms with E-state index in [9.17, 15) is 9.59 Å². The van der Waals surface area contributed by atoms with Gasteiger partial charge in [-0.1, -0.05) is 45.5 Å². The van der Waals surface area contributed by atoms with Crippen LogP contribution in [0.4, 0.5) is 0 Å². The number of carbonyl (C=O) groups is 1. The molecule has 1 unspecified atom stereocenters. The molecular weight excluding hydrogens is 508 g/mol. The summed E-state index contributed by atoms with van der Waals surface area (Å²) < 4.78 is 18.6. The molecule has 1 atom stereocenters. The molecule has 9 heteroatoms. The summed E-state index contributed by atoms with van der Waals surface area (Å²) in [6.45, 7) is 1.75. The minimum absolute atomic E-state index is 0.243. The largest absolute Gasteiger partial charge is 0.493 e. The van der Waals surface area contributed by atoms with Crippen molar-refractivity contribution >= 4 is 39.3 Å². The monoisotopic (exact) mass is 528 g/mol. The summed E-state index contributed by atoms with van der Waals surface area (Å²) >= 11 is 4.75. The Hall–Kier alpha value is -3.17. The molecule has 7 nitrogen and oxygen atoms in total. The van der Waals surface area contributed by atoms with Gasteiger partial charge in [-0.3, -0.25) is 9.36 Å². The molecule has 0 bridgehead atoms. The average molecular weight is 529 g/mol. The van der Waals surface area contributed by atoms with Gasteiger partial charge in [0, 0.05) is 4.47 Å². The molecule has 2 aromatic carbocycles. The van der Waals surface area contributed by atoms with Gasteiger partial charge in [-0.2, -0.15) is 0 Å². The number of benzene rings is 2. The molecule has 1 aliphatic heterocycles. The number of nitrogens with zero attached hydrogens (tertiary/aromatic N) is 2. The molecule has 0 amide bonds. The van der Waals surface area contributed by atoms with Crippen LogP contribution in [0.15, 0.2) is 68.0 Å². The van der Waals surface area contributed by atoms with Crippen LogP contribution in [-0.4, -0.2) is 31.9 Å². The lowest BCUT2D eigenvalue weighted by Gasteiger charge is -2.24. The lowest BCUT2D eigenvalue weighted by Crippen LogP contribution is -2.39. The highest BCUT2D eigenvalue weighted by Crippen LogP contribution is 2.32. The number of rotatable bonds is 5. The quantitative estimate of drug-likeness (QED) is 0.475. The van der Waals surface area contributed by atoms with Gasteiger partial charge in [-0.05, 0) is 48.4 Å². The van der Waals surface area contributed by atoms with E-state index in [0.717, 1.165) is 15.6 Å². The van der Waals surface area contributed by atoms with Gasteiger partial charge < -0.3 is 14.2 Å². The fourth-order valence-electron chi connectivity index (χ4n) is 3.78. The van der Waals surface area contributed by atoms with Crippen molar-refractivity contribution in [2.24, 2.45) is 4.99 Å². The molecular formula is C24H21BrN2O5S. The van der Waals surface area contributed by atoms with Gasteiger partial charge >= 0.3 is 5.97 Å². The summed E-state index contributed by atoms with van der Waals surface area (Å²) in [5.74, 6) is 0.648. The second kappa shape index (κ2) is 9.36. The van der Waals surface area contributed by atoms with Crippen LogP contribution in [0.5, 0.6) is 11.5 Å². The zero-order valence-electron chi connectivity index (χ0n) is 18.4. The first-order valence-corrected chi connectivity index (χ1v) is 11.6. The van der Waals surface area contributed by atoms with Crippen molar-refractivity contribution in [2.75, 3.05) is 21.3 Å². The number of hydrogen-bond donors (Lipinski definition) is 0. The maximum absolute atomic E-state index is 13.6. The summed E-state index contributed by atoms with van der Waals surface area (Å²) in [4.78, 5) is 31.3. The third-order valence-corrected chi connectivity index (χ3v) is 6.77. The Labute approximate surface area is 202 Å². The predicted octanol–water partition coefficient (Wildman–Crippen LogP) is 3.19. The number of halogens is 1.